The van der Waals surface area contributed by atoms with Crippen molar-refractivity contribution in [2.24, 2.45) is 0 Å². The Bertz CT molecular complexity index is 1790. The third kappa shape index (κ3) is 4.63. The van der Waals surface area contributed by atoms with Gasteiger partial charge in [0.05, 0.1) is 0 Å². The minimum absolute atomic E-state index is 0.329. The summed E-state index contributed by atoms with van der Waals surface area (Å²) in [5, 5.41) is 1.52. The molecule has 0 aliphatic carbocycles. The molecule has 0 atom stereocenters. The van der Waals surface area contributed by atoms with E-state index in [9.17, 15) is 53.5 Å². The molecule has 0 bridgehead atoms. The average Bonchev–Trinajstić information content (AvgIpc) is 2.96. The number of fused-ring (bicyclic) bond motifs is 2. The molecular formula is C28H8F10O4. The molecule has 0 radical (unpaired) electrons. The number of esters is 2. The first kappa shape index (κ1) is 28.4. The Morgan fingerprint density at radius 3 is 0.976 bits per heavy atom. The molecule has 0 heterocycles. The van der Waals surface area contributed by atoms with E-state index in [0.717, 1.165) is 12.1 Å². The lowest BCUT2D eigenvalue weighted by molar-refractivity contribution is 0.0711. The van der Waals surface area contributed by atoms with Gasteiger partial charge in [-0.3, -0.25) is 0 Å². The van der Waals surface area contributed by atoms with Gasteiger partial charge in [-0.1, -0.05) is 12.1 Å². The summed E-state index contributed by atoms with van der Waals surface area (Å²) in [7, 11) is 0. The van der Waals surface area contributed by atoms with Crippen LogP contribution in [-0.4, -0.2) is 11.9 Å². The minimum atomic E-state index is -2.45. The summed E-state index contributed by atoms with van der Waals surface area (Å²) in [6.07, 6.45) is 0. The SMILES string of the molecule is O=C(Oc1ccc2cc3cc(OC(=O)c4c(F)c(F)c(F)c(F)c4F)ccc3cc2c1)c1c(F)c(F)c(F)c(F)c1F. The number of hydrogen-bond donors (Lipinski definition) is 0. The first-order chi connectivity index (χ1) is 19.8. The zero-order chi connectivity index (χ0) is 30.6. The predicted octanol–water partition coefficient (Wildman–Crippen LogP) is 7.82. The van der Waals surface area contributed by atoms with Crippen molar-refractivity contribution in [2.75, 3.05) is 0 Å². The molecule has 0 fully saturated rings. The Morgan fingerprint density at radius 1 is 0.381 bits per heavy atom. The van der Waals surface area contributed by atoms with Crippen molar-refractivity contribution in [1.82, 2.24) is 0 Å². The van der Waals surface area contributed by atoms with E-state index in [0.29, 0.717) is 21.5 Å². The molecule has 0 amide bonds. The van der Waals surface area contributed by atoms with Crippen molar-refractivity contribution in [2.45, 2.75) is 0 Å². The highest BCUT2D eigenvalue weighted by Gasteiger charge is 2.32. The third-order valence-electron chi connectivity index (χ3n) is 5.99. The number of halogens is 10. The van der Waals surface area contributed by atoms with Crippen LogP contribution in [0.5, 0.6) is 11.5 Å². The van der Waals surface area contributed by atoms with Gasteiger partial charge in [-0.25, -0.2) is 53.5 Å². The standard InChI is InChI=1S/C28H8F10O4/c29-17-15(18(30)22(34)25(37)21(17)33)27(39)41-13-3-1-9-5-12-8-14(4-2-10(12)6-11(9)7-13)42-28(40)16-19(31)23(35)26(38)24(36)20(16)32/h1-8H. The quantitative estimate of drug-likeness (QED) is 0.0529. The van der Waals surface area contributed by atoms with Crippen LogP contribution in [0.4, 0.5) is 43.9 Å². The zero-order valence-corrected chi connectivity index (χ0v) is 20.0. The molecule has 0 aliphatic rings. The Kier molecular flexibility index (Phi) is 7.00. The number of benzene rings is 5. The normalized spacial score (nSPS) is 11.3. The van der Waals surface area contributed by atoms with Gasteiger partial charge in [0, 0.05) is 0 Å². The minimum Gasteiger partial charge on any atom is -0.423 e. The van der Waals surface area contributed by atoms with Crippen molar-refractivity contribution in [1.29, 1.82) is 0 Å². The molecule has 214 valence electrons. The van der Waals surface area contributed by atoms with Gasteiger partial charge >= 0.3 is 11.9 Å². The van der Waals surface area contributed by atoms with Crippen LogP contribution in [-0.2, 0) is 0 Å². The second-order valence-electron chi connectivity index (χ2n) is 8.54. The van der Waals surface area contributed by atoms with Gasteiger partial charge < -0.3 is 9.47 Å². The molecular weight excluding hydrogens is 590 g/mol. The summed E-state index contributed by atoms with van der Waals surface area (Å²) in [5.41, 5.74) is -3.59. The van der Waals surface area contributed by atoms with Gasteiger partial charge in [0.15, 0.2) is 46.5 Å². The Labute approximate surface area is 226 Å². The number of hydrogen-bond acceptors (Lipinski definition) is 4. The maximum atomic E-state index is 13.9. The van der Waals surface area contributed by atoms with Crippen molar-refractivity contribution in [3.05, 3.63) is 118 Å². The topological polar surface area (TPSA) is 52.6 Å². The van der Waals surface area contributed by atoms with E-state index >= 15 is 0 Å². The first-order valence-electron chi connectivity index (χ1n) is 11.2. The van der Waals surface area contributed by atoms with E-state index in [2.05, 4.69) is 0 Å². The van der Waals surface area contributed by atoms with Crippen molar-refractivity contribution < 1.29 is 63.0 Å². The van der Waals surface area contributed by atoms with E-state index in [1.807, 2.05) is 0 Å². The largest absolute Gasteiger partial charge is 0.423 e. The number of ether oxygens (including phenoxy) is 2. The monoisotopic (exact) mass is 598 g/mol. The fraction of sp³-hybridized carbons (Fsp3) is 0. The molecule has 0 spiro atoms. The zero-order valence-electron chi connectivity index (χ0n) is 20.0. The van der Waals surface area contributed by atoms with E-state index in [1.54, 1.807) is 0 Å². The van der Waals surface area contributed by atoms with Crippen LogP contribution < -0.4 is 9.47 Å². The Hall–Kier alpha value is -5.14. The maximum absolute atomic E-state index is 13.9. The fourth-order valence-corrected chi connectivity index (χ4v) is 3.96. The lowest BCUT2D eigenvalue weighted by Gasteiger charge is -2.11. The second kappa shape index (κ2) is 10.4. The van der Waals surface area contributed by atoms with Crippen molar-refractivity contribution in [3.63, 3.8) is 0 Å². The smallest absolute Gasteiger partial charge is 0.349 e. The van der Waals surface area contributed by atoms with Crippen LogP contribution in [0.2, 0.25) is 0 Å². The van der Waals surface area contributed by atoms with Gasteiger partial charge in [0.25, 0.3) is 0 Å². The summed E-state index contributed by atoms with van der Waals surface area (Å²) >= 11 is 0. The number of carbonyl (C=O) groups excluding carboxylic acids is 2. The molecule has 5 rings (SSSR count). The van der Waals surface area contributed by atoms with E-state index < -0.39 is 81.2 Å². The van der Waals surface area contributed by atoms with Crippen LogP contribution in [0, 0.1) is 58.2 Å². The van der Waals surface area contributed by atoms with Gasteiger partial charge in [-0.2, -0.15) is 0 Å². The number of rotatable bonds is 4. The van der Waals surface area contributed by atoms with Crippen molar-refractivity contribution >= 4 is 33.5 Å². The van der Waals surface area contributed by atoms with Gasteiger partial charge in [0.2, 0.25) is 11.6 Å². The van der Waals surface area contributed by atoms with Crippen molar-refractivity contribution in [3.8, 4) is 11.5 Å². The van der Waals surface area contributed by atoms with E-state index in [4.69, 9.17) is 9.47 Å². The molecule has 5 aromatic carbocycles. The lowest BCUT2D eigenvalue weighted by Crippen LogP contribution is -2.17. The molecule has 0 saturated carbocycles. The van der Waals surface area contributed by atoms with Crippen LogP contribution in [0.15, 0.2) is 48.5 Å². The highest BCUT2D eigenvalue weighted by atomic mass is 19.2. The molecule has 0 aromatic heterocycles. The Morgan fingerprint density at radius 2 is 0.667 bits per heavy atom. The molecule has 0 aliphatic heterocycles. The first-order valence-corrected chi connectivity index (χ1v) is 11.2. The fourth-order valence-electron chi connectivity index (χ4n) is 3.96. The maximum Gasteiger partial charge on any atom is 0.349 e. The van der Waals surface area contributed by atoms with Gasteiger partial charge in [-0.05, 0) is 57.9 Å². The Balaban J connectivity index is 1.43. The van der Waals surface area contributed by atoms with Gasteiger partial charge in [0.1, 0.15) is 22.6 Å². The number of carbonyl (C=O) groups is 2. The molecule has 0 saturated heterocycles. The molecule has 5 aromatic rings. The van der Waals surface area contributed by atoms with Crippen LogP contribution in [0.1, 0.15) is 20.7 Å². The highest BCUT2D eigenvalue weighted by Crippen LogP contribution is 2.31. The molecule has 0 N–H and O–H groups in total. The summed E-state index contributed by atoms with van der Waals surface area (Å²) in [6, 6.07) is 10.3. The second-order valence-corrected chi connectivity index (χ2v) is 8.54. The summed E-state index contributed by atoms with van der Waals surface area (Å²) in [6.45, 7) is 0. The summed E-state index contributed by atoms with van der Waals surface area (Å²) < 4.78 is 146. The van der Waals surface area contributed by atoms with Crippen LogP contribution >= 0.6 is 0 Å². The molecule has 4 nitrogen and oxygen atoms in total. The molecule has 14 heteroatoms. The van der Waals surface area contributed by atoms with Crippen LogP contribution in [0.25, 0.3) is 21.5 Å². The third-order valence-corrected chi connectivity index (χ3v) is 5.99. The van der Waals surface area contributed by atoms with Gasteiger partial charge in [-0.15, -0.1) is 0 Å². The predicted molar refractivity (Wildman–Crippen MR) is 124 cm³/mol. The summed E-state index contributed by atoms with van der Waals surface area (Å²) in [5.74, 6) is -28.1. The highest BCUT2D eigenvalue weighted by molar-refractivity contribution is 6.00. The van der Waals surface area contributed by atoms with E-state index in [1.165, 1.54) is 36.4 Å². The summed E-state index contributed by atoms with van der Waals surface area (Å²) in [4.78, 5) is 24.5. The molecule has 42 heavy (non-hydrogen) atoms. The van der Waals surface area contributed by atoms with Crippen LogP contribution in [0.3, 0.4) is 0 Å². The molecule has 0 unspecified atom stereocenters. The lowest BCUT2D eigenvalue weighted by atomic mass is 10.0. The van der Waals surface area contributed by atoms with E-state index in [-0.39, 0.29) is 11.5 Å². The average molecular weight is 598 g/mol.